The average Bonchev–Trinajstić information content (AvgIpc) is 2.30. The zero-order valence-electron chi connectivity index (χ0n) is 12.1. The Kier molecular flexibility index (Phi) is 3.90. The fraction of sp³-hybridized carbons (Fsp3) is 0.692. The van der Waals surface area contributed by atoms with Gasteiger partial charge in [-0.1, -0.05) is 0 Å². The Hall–Kier alpha value is 0.0943. The number of allylic oxidation sites excluding steroid dienone is 3. The number of hydrogen-bond donors (Lipinski definition) is 0. The summed E-state index contributed by atoms with van der Waals surface area (Å²) in [5, 5.41) is 0.275. The summed E-state index contributed by atoms with van der Waals surface area (Å²) in [6.07, 6.45) is 1.09. The van der Waals surface area contributed by atoms with Gasteiger partial charge in [-0.2, -0.15) is 0 Å². The zero-order chi connectivity index (χ0) is 12.7. The third kappa shape index (κ3) is 2.67. The van der Waals surface area contributed by atoms with Gasteiger partial charge in [-0.05, 0) is 0 Å². The summed E-state index contributed by atoms with van der Waals surface area (Å²) >= 11 is 2.20. The first-order valence-corrected chi connectivity index (χ1v) is 9.02. The molecule has 0 aliphatic heterocycles. The minimum absolute atomic E-state index is 0.275. The normalized spacial score (nSPS) is 18.6. The van der Waals surface area contributed by atoms with Crippen LogP contribution in [0.15, 0.2) is 21.2 Å². The van der Waals surface area contributed by atoms with E-state index < -0.39 is 8.32 Å². The molecule has 0 heterocycles. The molecule has 0 bridgehead atoms. The van der Waals surface area contributed by atoms with Crippen molar-refractivity contribution in [1.29, 1.82) is 0 Å². The SMILES string of the molecule is [Li][C]1=C(O[Si](C)(C)C(C)(C)C)C(C)=C(C)C1. The summed E-state index contributed by atoms with van der Waals surface area (Å²) in [4.78, 5) is 0. The Morgan fingerprint density at radius 2 is 1.69 bits per heavy atom. The maximum atomic E-state index is 6.42. The quantitative estimate of drug-likeness (QED) is 0.648. The Balaban J connectivity index is 2.96. The third-order valence-electron chi connectivity index (χ3n) is 4.06. The Morgan fingerprint density at radius 1 is 1.19 bits per heavy atom. The van der Waals surface area contributed by atoms with Gasteiger partial charge in [-0.15, -0.1) is 0 Å². The van der Waals surface area contributed by atoms with Crippen LogP contribution in [0.3, 0.4) is 0 Å². The van der Waals surface area contributed by atoms with E-state index in [1.54, 1.807) is 0 Å². The molecular formula is C13H23LiOSi. The molecule has 0 atom stereocenters. The van der Waals surface area contributed by atoms with Crippen molar-refractivity contribution < 1.29 is 4.43 Å². The van der Waals surface area contributed by atoms with E-state index in [-0.39, 0.29) is 5.04 Å². The molecule has 0 fully saturated rings. The van der Waals surface area contributed by atoms with Crippen LogP contribution >= 0.6 is 0 Å². The molecule has 0 unspecified atom stereocenters. The van der Waals surface area contributed by atoms with E-state index in [1.165, 1.54) is 21.2 Å². The average molecular weight is 230 g/mol. The van der Waals surface area contributed by atoms with Crippen LogP contribution in [-0.4, -0.2) is 26.0 Å². The molecule has 0 saturated heterocycles. The monoisotopic (exact) mass is 230 g/mol. The van der Waals surface area contributed by atoms with Gasteiger partial charge in [0.05, 0.1) is 0 Å². The fourth-order valence-corrected chi connectivity index (χ4v) is 2.84. The predicted octanol–water partition coefficient (Wildman–Crippen LogP) is 4.13. The Bertz CT molecular complexity index is 359. The third-order valence-corrected chi connectivity index (χ3v) is 8.39. The molecule has 0 N–H and O–H groups in total. The van der Waals surface area contributed by atoms with Gasteiger partial charge in [0.25, 0.3) is 0 Å². The van der Waals surface area contributed by atoms with Crippen LogP contribution in [0.25, 0.3) is 0 Å². The van der Waals surface area contributed by atoms with Crippen LogP contribution in [0.2, 0.25) is 18.1 Å². The molecule has 1 aliphatic rings. The summed E-state index contributed by atoms with van der Waals surface area (Å²) in [7, 11) is -1.68. The second-order valence-electron chi connectivity index (χ2n) is 6.55. The van der Waals surface area contributed by atoms with E-state index in [0.717, 1.165) is 6.42 Å². The van der Waals surface area contributed by atoms with Crippen LogP contribution in [0.1, 0.15) is 41.0 Å². The van der Waals surface area contributed by atoms with E-state index >= 15 is 0 Å². The number of rotatable bonds is 2. The van der Waals surface area contributed by atoms with Crippen molar-refractivity contribution in [2.75, 3.05) is 0 Å². The van der Waals surface area contributed by atoms with E-state index in [9.17, 15) is 0 Å². The molecule has 0 radical (unpaired) electrons. The van der Waals surface area contributed by atoms with Crippen molar-refractivity contribution in [1.82, 2.24) is 0 Å². The van der Waals surface area contributed by atoms with Gasteiger partial charge in [0.1, 0.15) is 0 Å². The van der Waals surface area contributed by atoms with Crippen molar-refractivity contribution in [2.45, 2.75) is 59.2 Å². The first kappa shape index (κ1) is 14.2. The van der Waals surface area contributed by atoms with Gasteiger partial charge >= 0.3 is 111 Å². The maximum absolute atomic E-state index is 6.42. The zero-order valence-corrected chi connectivity index (χ0v) is 13.1. The molecule has 0 aromatic heterocycles. The first-order valence-electron chi connectivity index (χ1n) is 6.12. The Morgan fingerprint density at radius 3 is 2.00 bits per heavy atom. The van der Waals surface area contributed by atoms with E-state index in [0.29, 0.717) is 0 Å². The minimum atomic E-state index is -1.68. The summed E-state index contributed by atoms with van der Waals surface area (Å²) in [6, 6.07) is 0. The van der Waals surface area contributed by atoms with Crippen molar-refractivity contribution in [3.05, 3.63) is 21.2 Å². The van der Waals surface area contributed by atoms with Crippen LogP contribution < -0.4 is 0 Å². The van der Waals surface area contributed by atoms with Gasteiger partial charge in [0.2, 0.25) is 0 Å². The molecule has 0 amide bonds. The van der Waals surface area contributed by atoms with Crippen LogP contribution in [0, 0.1) is 0 Å². The van der Waals surface area contributed by atoms with Gasteiger partial charge in [-0.3, -0.25) is 0 Å². The van der Waals surface area contributed by atoms with Crippen molar-refractivity contribution >= 4 is 26.0 Å². The molecule has 0 aromatic carbocycles. The molecule has 0 aromatic rings. The standard InChI is InChI=1S/C13H23OSi.Li/c1-10-8-9-12(11(10)2)14-15(6,7)13(3,4)5;/h8H2,1-7H3;. The van der Waals surface area contributed by atoms with Gasteiger partial charge in [0.15, 0.2) is 0 Å². The van der Waals surface area contributed by atoms with Gasteiger partial charge in [-0.25, -0.2) is 0 Å². The molecule has 0 spiro atoms. The molecular weight excluding hydrogens is 207 g/mol. The molecule has 0 saturated carbocycles. The molecule has 1 rings (SSSR count). The van der Waals surface area contributed by atoms with Crippen molar-refractivity contribution in [3.8, 4) is 0 Å². The summed E-state index contributed by atoms with van der Waals surface area (Å²) in [5.74, 6) is 1.18. The van der Waals surface area contributed by atoms with Crippen LogP contribution in [-0.2, 0) is 4.43 Å². The van der Waals surface area contributed by atoms with E-state index in [1.807, 2.05) is 0 Å². The predicted molar refractivity (Wildman–Crippen MR) is 74.1 cm³/mol. The fourth-order valence-electron chi connectivity index (χ4n) is 1.70. The molecule has 1 aliphatic carbocycles. The van der Waals surface area contributed by atoms with Crippen LogP contribution in [0.4, 0.5) is 0 Å². The Labute approximate surface area is 111 Å². The summed E-state index contributed by atoms with van der Waals surface area (Å²) in [5.41, 5.74) is 2.83. The second kappa shape index (κ2) is 4.40. The van der Waals surface area contributed by atoms with Crippen LogP contribution in [0.5, 0.6) is 0 Å². The molecule has 1 nitrogen and oxygen atoms in total. The summed E-state index contributed by atoms with van der Waals surface area (Å²) in [6.45, 7) is 15.9. The molecule has 86 valence electrons. The molecule has 16 heavy (non-hydrogen) atoms. The summed E-state index contributed by atoms with van der Waals surface area (Å²) < 4.78 is 7.82. The van der Waals surface area contributed by atoms with Gasteiger partial charge < -0.3 is 0 Å². The van der Waals surface area contributed by atoms with Crippen molar-refractivity contribution in [3.63, 3.8) is 0 Å². The second-order valence-corrected chi connectivity index (χ2v) is 11.3. The van der Waals surface area contributed by atoms with E-state index in [4.69, 9.17) is 4.43 Å². The topological polar surface area (TPSA) is 9.23 Å². The number of hydrogen-bond acceptors (Lipinski definition) is 1. The van der Waals surface area contributed by atoms with E-state index in [2.05, 4.69) is 65.4 Å². The first-order chi connectivity index (χ1) is 7.06. The van der Waals surface area contributed by atoms with Crippen molar-refractivity contribution in [2.24, 2.45) is 0 Å². The van der Waals surface area contributed by atoms with Gasteiger partial charge in [0, 0.05) is 0 Å². The molecule has 3 heteroatoms.